The molecule has 1 aromatic heterocycles. The van der Waals surface area contributed by atoms with Gasteiger partial charge in [-0.05, 0) is 72.1 Å². The Morgan fingerprint density at radius 3 is 2.24 bits per heavy atom. The van der Waals surface area contributed by atoms with Gasteiger partial charge in [0.15, 0.2) is 0 Å². The van der Waals surface area contributed by atoms with E-state index in [0.29, 0.717) is 22.8 Å². The van der Waals surface area contributed by atoms with Gasteiger partial charge in [0.05, 0.1) is 5.69 Å². The number of benzene rings is 3. The van der Waals surface area contributed by atoms with Crippen LogP contribution in [0, 0.1) is 5.82 Å². The number of aromatic nitrogens is 2. The molecule has 0 unspecified atom stereocenters. The van der Waals surface area contributed by atoms with E-state index in [1.54, 1.807) is 42.5 Å². The molecule has 5 nitrogen and oxygen atoms in total. The lowest BCUT2D eigenvalue weighted by atomic mass is 10.1. The Bertz CT molecular complexity index is 1300. The number of carbonyl (C=O) groups excluding carboxylic acids is 1. The minimum Gasteiger partial charge on any atom is -0.348 e. The van der Waals surface area contributed by atoms with E-state index in [-0.39, 0.29) is 17.3 Å². The van der Waals surface area contributed by atoms with Crippen molar-refractivity contribution in [2.45, 2.75) is 29.8 Å². The van der Waals surface area contributed by atoms with Crippen molar-refractivity contribution in [3.8, 4) is 5.69 Å². The molecule has 33 heavy (non-hydrogen) atoms. The Kier molecular flexibility index (Phi) is 7.00. The summed E-state index contributed by atoms with van der Waals surface area (Å²) < 4.78 is 14.4. The molecule has 0 aliphatic carbocycles. The summed E-state index contributed by atoms with van der Waals surface area (Å²) in [7, 11) is 0. The van der Waals surface area contributed by atoms with E-state index in [2.05, 4.69) is 29.5 Å². The van der Waals surface area contributed by atoms with Crippen LogP contribution in [0.3, 0.4) is 0 Å². The van der Waals surface area contributed by atoms with Crippen LogP contribution in [0.1, 0.15) is 28.4 Å². The minimum atomic E-state index is -0.309. The number of hydrogen-bond acceptors (Lipinski definition) is 4. The van der Waals surface area contributed by atoms with Crippen molar-refractivity contribution in [2.24, 2.45) is 0 Å². The van der Waals surface area contributed by atoms with E-state index in [4.69, 9.17) is 0 Å². The van der Waals surface area contributed by atoms with Crippen LogP contribution in [-0.2, 0) is 13.0 Å². The summed E-state index contributed by atoms with van der Waals surface area (Å²) in [4.78, 5) is 25.7. The highest BCUT2D eigenvalue weighted by Gasteiger charge is 2.09. The van der Waals surface area contributed by atoms with Gasteiger partial charge in [-0.1, -0.05) is 43.0 Å². The van der Waals surface area contributed by atoms with Crippen LogP contribution in [0.25, 0.3) is 5.69 Å². The van der Waals surface area contributed by atoms with Crippen LogP contribution in [0.5, 0.6) is 0 Å². The van der Waals surface area contributed by atoms with E-state index in [9.17, 15) is 14.0 Å². The zero-order chi connectivity index (χ0) is 23.2. The molecule has 1 N–H and O–H groups in total. The average molecular weight is 460 g/mol. The Balaban J connectivity index is 1.45. The molecule has 0 atom stereocenters. The molecule has 7 heteroatoms. The van der Waals surface area contributed by atoms with Gasteiger partial charge in [-0.25, -0.2) is 4.39 Å². The van der Waals surface area contributed by atoms with Crippen molar-refractivity contribution >= 4 is 17.7 Å². The topological polar surface area (TPSA) is 64.0 Å². The molecule has 0 bridgehead atoms. The highest BCUT2D eigenvalue weighted by atomic mass is 32.2. The second-order valence-corrected chi connectivity index (χ2v) is 8.47. The monoisotopic (exact) mass is 459 g/mol. The normalized spacial score (nSPS) is 10.7. The molecule has 0 fully saturated rings. The van der Waals surface area contributed by atoms with Crippen molar-refractivity contribution in [3.05, 3.63) is 118 Å². The summed E-state index contributed by atoms with van der Waals surface area (Å²) in [5, 5.41) is 7.90. The highest BCUT2D eigenvalue weighted by molar-refractivity contribution is 7.99. The second kappa shape index (κ2) is 10.3. The van der Waals surface area contributed by atoms with Gasteiger partial charge in [-0.15, -0.1) is 0 Å². The standard InChI is InChI=1S/C26H22FN3O2S/c1-2-18-3-5-19(6-4-18)17-28-26(32)20-7-11-22(12-8-20)30-25(31)16-15-24(29-30)33-23-13-9-21(27)10-14-23/h3-16H,2,17H2,1H3,(H,28,32). The molecule has 166 valence electrons. The fourth-order valence-corrected chi connectivity index (χ4v) is 3.96. The first-order chi connectivity index (χ1) is 16.0. The summed E-state index contributed by atoms with van der Waals surface area (Å²) in [6.45, 7) is 2.54. The van der Waals surface area contributed by atoms with E-state index in [1.807, 2.05) is 12.1 Å². The number of nitrogens with zero attached hydrogens (tertiary/aromatic N) is 2. The van der Waals surface area contributed by atoms with Crippen LogP contribution in [0.15, 0.2) is 99.6 Å². The Morgan fingerprint density at radius 1 is 0.909 bits per heavy atom. The molecule has 0 saturated carbocycles. The van der Waals surface area contributed by atoms with Crippen molar-refractivity contribution in [1.29, 1.82) is 0 Å². The smallest absolute Gasteiger partial charge is 0.271 e. The maximum atomic E-state index is 13.1. The first kappa shape index (κ1) is 22.5. The van der Waals surface area contributed by atoms with Crippen molar-refractivity contribution in [1.82, 2.24) is 15.1 Å². The third kappa shape index (κ3) is 5.75. The Morgan fingerprint density at radius 2 is 1.58 bits per heavy atom. The van der Waals surface area contributed by atoms with Gasteiger partial charge in [-0.3, -0.25) is 9.59 Å². The van der Waals surface area contributed by atoms with Crippen LogP contribution in [0.2, 0.25) is 0 Å². The lowest BCUT2D eigenvalue weighted by molar-refractivity contribution is 0.0951. The number of nitrogens with one attached hydrogen (secondary N) is 1. The number of carbonyl (C=O) groups is 1. The molecule has 0 saturated heterocycles. The highest BCUT2D eigenvalue weighted by Crippen LogP contribution is 2.25. The summed E-state index contributed by atoms with van der Waals surface area (Å²) in [5.74, 6) is -0.502. The van der Waals surface area contributed by atoms with E-state index < -0.39 is 0 Å². The number of rotatable bonds is 7. The van der Waals surface area contributed by atoms with Crippen LogP contribution in [-0.4, -0.2) is 15.7 Å². The number of aryl methyl sites for hydroxylation is 1. The molecule has 0 aliphatic heterocycles. The van der Waals surface area contributed by atoms with E-state index in [0.717, 1.165) is 16.9 Å². The largest absolute Gasteiger partial charge is 0.348 e. The fourth-order valence-electron chi connectivity index (χ4n) is 3.19. The van der Waals surface area contributed by atoms with Crippen LogP contribution in [0.4, 0.5) is 4.39 Å². The van der Waals surface area contributed by atoms with Crippen molar-refractivity contribution < 1.29 is 9.18 Å². The van der Waals surface area contributed by atoms with Gasteiger partial charge in [0.25, 0.3) is 11.5 Å². The van der Waals surface area contributed by atoms with Gasteiger partial charge in [-0.2, -0.15) is 9.78 Å². The molecular formula is C26H22FN3O2S. The van der Waals surface area contributed by atoms with E-state index in [1.165, 1.54) is 40.2 Å². The molecule has 4 rings (SSSR count). The third-order valence-electron chi connectivity index (χ3n) is 5.07. The quantitative estimate of drug-likeness (QED) is 0.422. The maximum Gasteiger partial charge on any atom is 0.271 e. The molecule has 0 spiro atoms. The Hall–Kier alpha value is -3.71. The molecule has 3 aromatic carbocycles. The van der Waals surface area contributed by atoms with Crippen molar-refractivity contribution in [2.75, 3.05) is 0 Å². The van der Waals surface area contributed by atoms with Gasteiger partial charge in [0.2, 0.25) is 0 Å². The SMILES string of the molecule is CCc1ccc(CNC(=O)c2ccc(-n3nc(Sc4ccc(F)cc4)ccc3=O)cc2)cc1. The Labute approximate surface area is 195 Å². The molecule has 1 heterocycles. The lowest BCUT2D eigenvalue weighted by Crippen LogP contribution is -2.23. The molecule has 1 amide bonds. The number of amides is 1. The third-order valence-corrected chi connectivity index (χ3v) is 6.00. The first-order valence-electron chi connectivity index (χ1n) is 10.5. The van der Waals surface area contributed by atoms with Crippen LogP contribution < -0.4 is 10.9 Å². The number of hydrogen-bond donors (Lipinski definition) is 1. The lowest BCUT2D eigenvalue weighted by Gasteiger charge is -2.09. The number of halogens is 1. The summed E-state index contributed by atoms with van der Waals surface area (Å²) in [5.41, 5.74) is 3.04. The van der Waals surface area contributed by atoms with Gasteiger partial charge in [0, 0.05) is 23.1 Å². The predicted octanol–water partition coefficient (Wildman–Crippen LogP) is 5.02. The predicted molar refractivity (Wildman–Crippen MR) is 127 cm³/mol. The summed E-state index contributed by atoms with van der Waals surface area (Å²) in [6, 6.07) is 24.0. The van der Waals surface area contributed by atoms with Gasteiger partial charge >= 0.3 is 0 Å². The van der Waals surface area contributed by atoms with Crippen LogP contribution >= 0.6 is 11.8 Å². The van der Waals surface area contributed by atoms with Gasteiger partial charge in [0.1, 0.15) is 10.8 Å². The zero-order valence-corrected chi connectivity index (χ0v) is 18.8. The maximum absolute atomic E-state index is 13.1. The molecule has 0 radical (unpaired) electrons. The fraction of sp³-hybridized carbons (Fsp3) is 0.115. The molecule has 0 aliphatic rings. The average Bonchev–Trinajstić information content (AvgIpc) is 2.85. The zero-order valence-electron chi connectivity index (χ0n) is 18.0. The summed E-state index contributed by atoms with van der Waals surface area (Å²) >= 11 is 1.33. The summed E-state index contributed by atoms with van der Waals surface area (Å²) in [6.07, 6.45) is 0.977. The first-order valence-corrected chi connectivity index (χ1v) is 11.3. The van der Waals surface area contributed by atoms with Crippen molar-refractivity contribution in [3.63, 3.8) is 0 Å². The second-order valence-electron chi connectivity index (χ2n) is 7.38. The minimum absolute atomic E-state index is 0.193. The van der Waals surface area contributed by atoms with Gasteiger partial charge < -0.3 is 5.32 Å². The molecule has 4 aromatic rings. The molecular weight excluding hydrogens is 437 g/mol. The van der Waals surface area contributed by atoms with E-state index >= 15 is 0 Å².